The van der Waals surface area contributed by atoms with E-state index in [1.807, 2.05) is 0 Å². The number of amides is 2. The van der Waals surface area contributed by atoms with Crippen molar-refractivity contribution in [3.63, 3.8) is 0 Å². The Morgan fingerprint density at radius 1 is 1.43 bits per heavy atom. The second-order valence-corrected chi connectivity index (χ2v) is 2.55. The molecule has 6 N–H and O–H groups in total. The summed E-state index contributed by atoms with van der Waals surface area (Å²) >= 11 is 0. The molecular formula is C7H12N6O. The van der Waals surface area contributed by atoms with Gasteiger partial charge in [0.1, 0.15) is 11.6 Å². The molecule has 1 aromatic rings. The van der Waals surface area contributed by atoms with Crippen LogP contribution >= 0.6 is 0 Å². The first-order chi connectivity index (χ1) is 6.68. The minimum Gasteiger partial charge on any atom is -0.382 e. The number of hydrogen-bond acceptors (Lipinski definition) is 5. The zero-order valence-corrected chi connectivity index (χ0v) is 7.53. The topological polar surface area (TPSA) is 119 Å². The molecule has 0 aromatic carbocycles. The zero-order valence-electron chi connectivity index (χ0n) is 7.53. The molecule has 76 valence electrons. The van der Waals surface area contributed by atoms with Crippen LogP contribution in [0.1, 0.15) is 0 Å². The van der Waals surface area contributed by atoms with E-state index in [9.17, 15) is 4.79 Å². The molecule has 1 heterocycles. The lowest BCUT2D eigenvalue weighted by Crippen LogP contribution is -2.33. The summed E-state index contributed by atoms with van der Waals surface area (Å²) in [5, 5.41) is 5.34. The van der Waals surface area contributed by atoms with Crippen LogP contribution in [0, 0.1) is 0 Å². The Kier molecular flexibility index (Phi) is 3.48. The average Bonchev–Trinajstić information content (AvgIpc) is 2.12. The van der Waals surface area contributed by atoms with E-state index in [0.29, 0.717) is 24.7 Å². The Hall–Kier alpha value is -2.05. The number of carbonyl (C=O) groups is 1. The summed E-state index contributed by atoms with van der Waals surface area (Å²) in [7, 11) is 0. The van der Waals surface area contributed by atoms with Gasteiger partial charge in [-0.2, -0.15) is 0 Å². The van der Waals surface area contributed by atoms with E-state index in [0.717, 1.165) is 0 Å². The summed E-state index contributed by atoms with van der Waals surface area (Å²) < 4.78 is 0. The fourth-order valence-corrected chi connectivity index (χ4v) is 0.842. The minimum absolute atomic E-state index is 0.345. The number of carbonyl (C=O) groups excluding carboxylic acids is 1. The molecule has 0 atom stereocenters. The standard InChI is InChI=1S/C7H12N6O/c8-5-3-10-4-6(13-5)11-1-2-12-7(9)14/h3-4H,1-2H2,(H3,8,11,13)(H3,9,12,14). The number of primary amides is 1. The summed E-state index contributed by atoms with van der Waals surface area (Å²) in [6, 6.07) is -0.551. The molecule has 7 nitrogen and oxygen atoms in total. The van der Waals surface area contributed by atoms with Gasteiger partial charge in [-0.1, -0.05) is 0 Å². The Morgan fingerprint density at radius 2 is 2.21 bits per heavy atom. The van der Waals surface area contributed by atoms with Crippen LogP contribution in [0.25, 0.3) is 0 Å². The normalized spacial score (nSPS) is 9.43. The van der Waals surface area contributed by atoms with Gasteiger partial charge in [0.2, 0.25) is 0 Å². The van der Waals surface area contributed by atoms with Crippen molar-refractivity contribution in [3.05, 3.63) is 12.4 Å². The molecule has 0 saturated carbocycles. The fourth-order valence-electron chi connectivity index (χ4n) is 0.842. The first kappa shape index (κ1) is 10.0. The molecule has 0 fully saturated rings. The van der Waals surface area contributed by atoms with Crippen molar-refractivity contribution < 1.29 is 4.79 Å². The van der Waals surface area contributed by atoms with E-state index in [-0.39, 0.29) is 0 Å². The predicted molar refractivity (Wildman–Crippen MR) is 52.5 cm³/mol. The lowest BCUT2D eigenvalue weighted by molar-refractivity contribution is 0.249. The molecule has 0 aliphatic rings. The maximum Gasteiger partial charge on any atom is 0.312 e. The highest BCUT2D eigenvalue weighted by atomic mass is 16.2. The molecule has 2 amide bonds. The smallest absolute Gasteiger partial charge is 0.312 e. The quantitative estimate of drug-likeness (QED) is 0.467. The molecule has 0 bridgehead atoms. The number of nitrogen functional groups attached to an aromatic ring is 1. The minimum atomic E-state index is -0.551. The van der Waals surface area contributed by atoms with Crippen LogP contribution in [-0.2, 0) is 0 Å². The lowest BCUT2D eigenvalue weighted by Gasteiger charge is -2.05. The van der Waals surface area contributed by atoms with Crippen molar-refractivity contribution in [2.24, 2.45) is 5.73 Å². The number of hydrogen-bond donors (Lipinski definition) is 4. The van der Waals surface area contributed by atoms with Gasteiger partial charge in [-0.15, -0.1) is 0 Å². The van der Waals surface area contributed by atoms with E-state index in [4.69, 9.17) is 11.5 Å². The predicted octanol–water partition coefficient (Wildman–Crippen LogP) is -0.861. The third kappa shape index (κ3) is 3.57. The molecule has 7 heteroatoms. The van der Waals surface area contributed by atoms with Crippen molar-refractivity contribution in [2.75, 3.05) is 24.1 Å². The first-order valence-corrected chi connectivity index (χ1v) is 4.03. The van der Waals surface area contributed by atoms with Crippen LogP contribution in [0.3, 0.4) is 0 Å². The van der Waals surface area contributed by atoms with Crippen LogP contribution in [0.15, 0.2) is 12.4 Å². The van der Waals surface area contributed by atoms with Crippen molar-refractivity contribution in [2.45, 2.75) is 0 Å². The van der Waals surface area contributed by atoms with Gasteiger partial charge in [-0.25, -0.2) is 9.78 Å². The highest BCUT2D eigenvalue weighted by molar-refractivity contribution is 5.71. The summed E-state index contributed by atoms with van der Waals surface area (Å²) in [5.74, 6) is 0.911. The van der Waals surface area contributed by atoms with Crippen LogP contribution in [0.4, 0.5) is 16.4 Å². The summed E-state index contributed by atoms with van der Waals surface area (Å²) in [4.78, 5) is 18.1. The molecule has 14 heavy (non-hydrogen) atoms. The third-order valence-electron chi connectivity index (χ3n) is 1.38. The van der Waals surface area contributed by atoms with Gasteiger partial charge in [0.15, 0.2) is 0 Å². The van der Waals surface area contributed by atoms with E-state index >= 15 is 0 Å². The Bertz CT molecular complexity index is 315. The van der Waals surface area contributed by atoms with Crippen LogP contribution in [-0.4, -0.2) is 29.1 Å². The molecule has 0 saturated heterocycles. The molecule has 0 aliphatic heterocycles. The number of nitrogens with zero attached hydrogens (tertiary/aromatic N) is 2. The number of nitrogens with two attached hydrogens (primary N) is 2. The second kappa shape index (κ2) is 4.85. The monoisotopic (exact) mass is 196 g/mol. The number of urea groups is 1. The number of nitrogens with one attached hydrogen (secondary N) is 2. The highest BCUT2D eigenvalue weighted by Crippen LogP contribution is 2.01. The van der Waals surface area contributed by atoms with Gasteiger partial charge >= 0.3 is 6.03 Å². The van der Waals surface area contributed by atoms with E-state index in [2.05, 4.69) is 20.6 Å². The average molecular weight is 196 g/mol. The first-order valence-electron chi connectivity index (χ1n) is 4.03. The van der Waals surface area contributed by atoms with E-state index in [1.54, 1.807) is 6.20 Å². The SMILES string of the molecule is NC(=O)NCCNc1cncc(N)n1. The molecule has 0 radical (unpaired) electrons. The van der Waals surface area contributed by atoms with Gasteiger partial charge in [-0.05, 0) is 0 Å². The summed E-state index contributed by atoms with van der Waals surface area (Å²) in [5.41, 5.74) is 10.3. The molecule has 1 aromatic heterocycles. The number of anilines is 2. The zero-order chi connectivity index (χ0) is 10.4. The number of rotatable bonds is 4. The second-order valence-electron chi connectivity index (χ2n) is 2.55. The molecular weight excluding hydrogens is 184 g/mol. The molecule has 1 rings (SSSR count). The van der Waals surface area contributed by atoms with Gasteiger partial charge in [0, 0.05) is 13.1 Å². The van der Waals surface area contributed by atoms with E-state index in [1.165, 1.54) is 6.20 Å². The summed E-state index contributed by atoms with van der Waals surface area (Å²) in [6.07, 6.45) is 2.99. The van der Waals surface area contributed by atoms with Gasteiger partial charge in [-0.3, -0.25) is 4.98 Å². The maximum atomic E-state index is 10.3. The van der Waals surface area contributed by atoms with Crippen molar-refractivity contribution in [1.29, 1.82) is 0 Å². The van der Waals surface area contributed by atoms with Crippen molar-refractivity contribution in [1.82, 2.24) is 15.3 Å². The fraction of sp³-hybridized carbons (Fsp3) is 0.286. The van der Waals surface area contributed by atoms with Crippen molar-refractivity contribution in [3.8, 4) is 0 Å². The molecule has 0 spiro atoms. The number of aromatic nitrogens is 2. The highest BCUT2D eigenvalue weighted by Gasteiger charge is 1.95. The largest absolute Gasteiger partial charge is 0.382 e. The molecule has 0 aliphatic carbocycles. The van der Waals surface area contributed by atoms with Gasteiger partial charge in [0.05, 0.1) is 12.4 Å². The van der Waals surface area contributed by atoms with Crippen LogP contribution < -0.4 is 22.1 Å². The summed E-state index contributed by atoms with van der Waals surface area (Å²) in [6.45, 7) is 0.937. The molecule has 0 unspecified atom stereocenters. The van der Waals surface area contributed by atoms with Crippen molar-refractivity contribution >= 4 is 17.7 Å². The Balaban J connectivity index is 2.28. The third-order valence-corrected chi connectivity index (χ3v) is 1.38. The maximum absolute atomic E-state index is 10.3. The van der Waals surface area contributed by atoms with Crippen LogP contribution in [0.2, 0.25) is 0 Å². The van der Waals surface area contributed by atoms with Gasteiger partial charge in [0.25, 0.3) is 0 Å². The Morgan fingerprint density at radius 3 is 2.86 bits per heavy atom. The van der Waals surface area contributed by atoms with Crippen LogP contribution in [0.5, 0.6) is 0 Å². The lowest BCUT2D eigenvalue weighted by atomic mass is 10.5. The van der Waals surface area contributed by atoms with Gasteiger partial charge < -0.3 is 22.1 Å². The Labute approximate surface area is 80.9 Å². The van der Waals surface area contributed by atoms with E-state index < -0.39 is 6.03 Å².